The van der Waals surface area contributed by atoms with Crippen LogP contribution in [0.2, 0.25) is 0 Å². The van der Waals surface area contributed by atoms with E-state index in [1.807, 2.05) is 4.90 Å². The first-order valence-electron chi connectivity index (χ1n) is 8.95. The highest BCUT2D eigenvalue weighted by Gasteiger charge is 2.37. The molecule has 2 saturated heterocycles. The topological polar surface area (TPSA) is 152 Å². The standard InChI is InChI=1S/C16H22N6O6/c1-10-7-22(16(25)18-15(10)24)13-6-11(19-20-17)12(28-13)9-27-14(23)8-21-2-4-26-5-3-21/h7,11-13H,2-6,8-9H2,1H3,(H,18,24,25)/t11-,12+,13+/m0/s1. The number of carbonyl (C=O) groups is 1. The molecular formula is C16H22N6O6. The van der Waals surface area contributed by atoms with Crippen molar-refractivity contribution in [3.05, 3.63) is 43.0 Å². The molecule has 0 aromatic carbocycles. The van der Waals surface area contributed by atoms with Crippen molar-refractivity contribution in [3.8, 4) is 0 Å². The number of nitrogens with one attached hydrogen (secondary N) is 1. The summed E-state index contributed by atoms with van der Waals surface area (Å²) in [7, 11) is 0. The van der Waals surface area contributed by atoms with Gasteiger partial charge in [-0.2, -0.15) is 0 Å². The van der Waals surface area contributed by atoms with Gasteiger partial charge in [0.1, 0.15) is 18.9 Å². The van der Waals surface area contributed by atoms with Gasteiger partial charge in [0.15, 0.2) is 0 Å². The van der Waals surface area contributed by atoms with Gasteiger partial charge in [-0.15, -0.1) is 0 Å². The molecule has 12 nitrogen and oxygen atoms in total. The minimum Gasteiger partial charge on any atom is -0.462 e. The molecule has 1 N–H and O–H groups in total. The van der Waals surface area contributed by atoms with Crippen molar-refractivity contribution in [2.24, 2.45) is 5.11 Å². The summed E-state index contributed by atoms with van der Waals surface area (Å²) < 4.78 is 17.6. The number of aryl methyl sites for hydroxylation is 1. The van der Waals surface area contributed by atoms with Crippen LogP contribution in [0.4, 0.5) is 0 Å². The quantitative estimate of drug-likeness (QED) is 0.300. The van der Waals surface area contributed by atoms with Gasteiger partial charge in [-0.05, 0) is 12.5 Å². The SMILES string of the molecule is Cc1cn([C@H]2C[C@H](N=[N+]=[N-])[C@@H](COC(=O)CN3CCOCC3)O2)c(=O)[nH]c1=O. The van der Waals surface area contributed by atoms with Crippen LogP contribution in [0.1, 0.15) is 18.2 Å². The highest BCUT2D eigenvalue weighted by molar-refractivity contribution is 5.71. The third-order valence-corrected chi connectivity index (χ3v) is 4.73. The van der Waals surface area contributed by atoms with Gasteiger partial charge in [0.25, 0.3) is 5.56 Å². The lowest BCUT2D eigenvalue weighted by Gasteiger charge is -2.25. The van der Waals surface area contributed by atoms with Crippen LogP contribution in [-0.2, 0) is 19.0 Å². The minimum absolute atomic E-state index is 0.0968. The van der Waals surface area contributed by atoms with E-state index in [1.165, 1.54) is 10.8 Å². The first kappa shape index (κ1) is 20.1. The summed E-state index contributed by atoms with van der Waals surface area (Å²) in [5, 5.41) is 3.69. The van der Waals surface area contributed by atoms with E-state index in [-0.39, 0.29) is 19.6 Å². The number of hydrogen-bond donors (Lipinski definition) is 1. The van der Waals surface area contributed by atoms with Gasteiger partial charge in [0.05, 0.1) is 25.8 Å². The van der Waals surface area contributed by atoms with Gasteiger partial charge in [-0.1, -0.05) is 5.11 Å². The number of H-pyrrole nitrogens is 1. The number of azide groups is 1. The maximum absolute atomic E-state index is 12.1. The molecule has 0 amide bonds. The van der Waals surface area contributed by atoms with E-state index in [9.17, 15) is 14.4 Å². The second-order valence-corrected chi connectivity index (χ2v) is 6.69. The number of rotatable bonds is 6. The summed E-state index contributed by atoms with van der Waals surface area (Å²) in [5.74, 6) is -0.411. The number of hydrogen-bond acceptors (Lipinski definition) is 8. The van der Waals surface area contributed by atoms with Crippen molar-refractivity contribution in [1.82, 2.24) is 14.5 Å². The van der Waals surface area contributed by atoms with Crippen LogP contribution < -0.4 is 11.2 Å². The first-order valence-corrected chi connectivity index (χ1v) is 8.95. The summed E-state index contributed by atoms with van der Waals surface area (Å²) in [4.78, 5) is 42.6. The van der Waals surface area contributed by atoms with E-state index in [0.717, 1.165) is 0 Å². The van der Waals surface area contributed by atoms with E-state index in [2.05, 4.69) is 15.0 Å². The van der Waals surface area contributed by atoms with Crippen molar-refractivity contribution >= 4 is 5.97 Å². The average Bonchev–Trinajstić information content (AvgIpc) is 3.07. The molecule has 3 atom stereocenters. The molecule has 0 unspecified atom stereocenters. The Labute approximate surface area is 159 Å². The van der Waals surface area contributed by atoms with Gasteiger partial charge in [-0.3, -0.25) is 24.0 Å². The number of morpholine rings is 1. The van der Waals surface area contributed by atoms with Gasteiger partial charge in [0.2, 0.25) is 0 Å². The van der Waals surface area contributed by atoms with Crippen molar-refractivity contribution < 1.29 is 19.0 Å². The number of aromatic nitrogens is 2. The zero-order chi connectivity index (χ0) is 20.1. The summed E-state index contributed by atoms with van der Waals surface area (Å²) in [5.41, 5.74) is 8.05. The molecule has 2 aliphatic rings. The van der Waals surface area contributed by atoms with Crippen molar-refractivity contribution in [3.63, 3.8) is 0 Å². The summed E-state index contributed by atoms with van der Waals surface area (Å²) in [6.07, 6.45) is 0.197. The Hall–Kier alpha value is -2.66. The fraction of sp³-hybridized carbons (Fsp3) is 0.688. The van der Waals surface area contributed by atoms with Crippen molar-refractivity contribution in [1.29, 1.82) is 0 Å². The Bertz CT molecular complexity index is 869. The predicted octanol–water partition coefficient (Wildman–Crippen LogP) is -0.313. The molecule has 2 aliphatic heterocycles. The highest BCUT2D eigenvalue weighted by atomic mass is 16.6. The van der Waals surface area contributed by atoms with Gasteiger partial charge < -0.3 is 14.2 Å². The average molecular weight is 394 g/mol. The van der Waals surface area contributed by atoms with Crippen molar-refractivity contribution in [2.45, 2.75) is 31.7 Å². The Morgan fingerprint density at radius 1 is 1.43 bits per heavy atom. The van der Waals surface area contributed by atoms with E-state index in [0.29, 0.717) is 31.9 Å². The Balaban J connectivity index is 1.63. The molecule has 1 aromatic rings. The van der Waals surface area contributed by atoms with Crippen LogP contribution in [-0.4, -0.2) is 72.0 Å². The van der Waals surface area contributed by atoms with E-state index < -0.39 is 35.6 Å². The molecule has 0 radical (unpaired) electrons. The summed E-state index contributed by atoms with van der Waals surface area (Å²) >= 11 is 0. The zero-order valence-electron chi connectivity index (χ0n) is 15.4. The second kappa shape index (κ2) is 9.02. The van der Waals surface area contributed by atoms with Crippen LogP contribution >= 0.6 is 0 Å². The van der Waals surface area contributed by atoms with Crippen LogP contribution in [0.3, 0.4) is 0 Å². The van der Waals surface area contributed by atoms with Gasteiger partial charge in [0, 0.05) is 36.2 Å². The van der Waals surface area contributed by atoms with E-state index >= 15 is 0 Å². The minimum atomic E-state index is -0.735. The molecule has 3 heterocycles. The molecule has 0 saturated carbocycles. The lowest BCUT2D eigenvalue weighted by molar-refractivity contribution is -0.150. The summed E-state index contributed by atoms with van der Waals surface area (Å²) in [6.45, 7) is 4.09. The van der Waals surface area contributed by atoms with E-state index in [1.54, 1.807) is 6.92 Å². The molecule has 28 heavy (non-hydrogen) atoms. The third-order valence-electron chi connectivity index (χ3n) is 4.73. The van der Waals surface area contributed by atoms with Gasteiger partial charge in [-0.25, -0.2) is 4.79 Å². The third kappa shape index (κ3) is 4.78. The molecule has 152 valence electrons. The number of carbonyl (C=O) groups excluding carboxylic acids is 1. The van der Waals surface area contributed by atoms with Crippen LogP contribution in [0.5, 0.6) is 0 Å². The van der Waals surface area contributed by atoms with Gasteiger partial charge >= 0.3 is 11.7 Å². The normalized spacial score (nSPS) is 25.2. The lowest BCUT2D eigenvalue weighted by atomic mass is 10.1. The maximum Gasteiger partial charge on any atom is 0.330 e. The number of ether oxygens (including phenoxy) is 3. The Morgan fingerprint density at radius 3 is 2.89 bits per heavy atom. The smallest absolute Gasteiger partial charge is 0.330 e. The van der Waals surface area contributed by atoms with Crippen molar-refractivity contribution in [2.75, 3.05) is 39.5 Å². The molecule has 0 bridgehead atoms. The molecule has 2 fully saturated rings. The second-order valence-electron chi connectivity index (χ2n) is 6.69. The Kier molecular flexibility index (Phi) is 6.47. The largest absolute Gasteiger partial charge is 0.462 e. The number of esters is 1. The summed E-state index contributed by atoms with van der Waals surface area (Å²) in [6, 6.07) is -0.606. The molecule has 1 aromatic heterocycles. The first-order chi connectivity index (χ1) is 13.5. The van der Waals surface area contributed by atoms with Crippen LogP contribution in [0, 0.1) is 6.92 Å². The fourth-order valence-electron chi connectivity index (χ4n) is 3.19. The fourth-order valence-corrected chi connectivity index (χ4v) is 3.19. The number of aromatic amines is 1. The van der Waals surface area contributed by atoms with Crippen LogP contribution in [0.15, 0.2) is 20.9 Å². The lowest BCUT2D eigenvalue weighted by Crippen LogP contribution is -2.40. The maximum atomic E-state index is 12.1. The van der Waals surface area contributed by atoms with E-state index in [4.69, 9.17) is 19.7 Å². The number of nitrogens with zero attached hydrogens (tertiary/aromatic N) is 5. The molecule has 12 heteroatoms. The Morgan fingerprint density at radius 2 is 2.18 bits per heavy atom. The molecular weight excluding hydrogens is 372 g/mol. The zero-order valence-corrected chi connectivity index (χ0v) is 15.4. The predicted molar refractivity (Wildman–Crippen MR) is 95.7 cm³/mol. The van der Waals surface area contributed by atoms with Crippen LogP contribution in [0.25, 0.3) is 10.4 Å². The molecule has 0 spiro atoms. The molecule has 0 aliphatic carbocycles. The highest BCUT2D eigenvalue weighted by Crippen LogP contribution is 2.30. The monoisotopic (exact) mass is 394 g/mol. The molecule has 3 rings (SSSR count).